The maximum atomic E-state index is 4.77. The van der Waals surface area contributed by atoms with Gasteiger partial charge in [0.2, 0.25) is 0 Å². The molecular formula is C15H29N3S. The normalized spacial score (nSPS) is 11.6. The van der Waals surface area contributed by atoms with Gasteiger partial charge in [-0.1, -0.05) is 20.8 Å². The first-order valence-electron chi connectivity index (χ1n) is 7.39. The topological polar surface area (TPSA) is 28.2 Å². The van der Waals surface area contributed by atoms with Gasteiger partial charge in [0, 0.05) is 24.0 Å². The molecule has 1 rings (SSSR count). The minimum atomic E-state index is 0.504. The molecule has 1 aromatic heterocycles. The summed E-state index contributed by atoms with van der Waals surface area (Å²) in [6.45, 7) is 16.4. The van der Waals surface area contributed by atoms with Crippen LogP contribution in [0.15, 0.2) is 0 Å². The third kappa shape index (κ3) is 5.11. The molecule has 0 aliphatic rings. The van der Waals surface area contributed by atoms with Crippen molar-refractivity contribution in [3.05, 3.63) is 10.6 Å². The highest BCUT2D eigenvalue weighted by Crippen LogP contribution is 2.28. The van der Waals surface area contributed by atoms with Crippen molar-refractivity contribution in [2.24, 2.45) is 5.92 Å². The maximum absolute atomic E-state index is 4.77. The van der Waals surface area contributed by atoms with Crippen molar-refractivity contribution in [2.75, 3.05) is 18.0 Å². The summed E-state index contributed by atoms with van der Waals surface area (Å²) in [5.74, 6) is 0.660. The molecule has 3 nitrogen and oxygen atoms in total. The van der Waals surface area contributed by atoms with Gasteiger partial charge in [0.15, 0.2) is 5.13 Å². The quantitative estimate of drug-likeness (QED) is 0.735. The van der Waals surface area contributed by atoms with Crippen LogP contribution in [0.5, 0.6) is 0 Å². The van der Waals surface area contributed by atoms with Crippen LogP contribution in [0, 0.1) is 12.8 Å². The lowest BCUT2D eigenvalue weighted by Gasteiger charge is -2.27. The molecule has 1 heterocycles. The van der Waals surface area contributed by atoms with E-state index in [1.54, 1.807) is 0 Å². The molecule has 0 saturated heterocycles. The Labute approximate surface area is 122 Å². The molecule has 0 unspecified atom stereocenters. The zero-order chi connectivity index (χ0) is 14.4. The molecule has 0 fully saturated rings. The minimum Gasteiger partial charge on any atom is -0.345 e. The van der Waals surface area contributed by atoms with Crippen LogP contribution >= 0.6 is 11.3 Å². The Morgan fingerprint density at radius 1 is 1.26 bits per heavy atom. The van der Waals surface area contributed by atoms with Gasteiger partial charge in [0.05, 0.1) is 5.69 Å². The van der Waals surface area contributed by atoms with Crippen molar-refractivity contribution in [2.45, 2.75) is 60.5 Å². The lowest BCUT2D eigenvalue weighted by molar-refractivity contribution is 0.569. The number of anilines is 1. The predicted molar refractivity (Wildman–Crippen MR) is 86.2 cm³/mol. The van der Waals surface area contributed by atoms with E-state index < -0.39 is 0 Å². The molecule has 1 N–H and O–H groups in total. The van der Waals surface area contributed by atoms with E-state index in [4.69, 9.17) is 4.98 Å². The zero-order valence-corrected chi connectivity index (χ0v) is 14.1. The van der Waals surface area contributed by atoms with Crippen molar-refractivity contribution in [3.8, 4) is 0 Å². The smallest absolute Gasteiger partial charge is 0.186 e. The monoisotopic (exact) mass is 283 g/mol. The number of nitrogens with zero attached hydrogens (tertiary/aromatic N) is 2. The molecule has 0 saturated carbocycles. The molecule has 4 heteroatoms. The molecular weight excluding hydrogens is 254 g/mol. The van der Waals surface area contributed by atoms with Gasteiger partial charge in [-0.2, -0.15) is 0 Å². The predicted octanol–water partition coefficient (Wildman–Crippen LogP) is 3.82. The standard InChI is InChI=1S/C15H29N3S/c1-7-8-16-9-14-13(6)17-15(19-14)18(12(4)5)10-11(2)3/h11-12,16H,7-10H2,1-6H3. The highest BCUT2D eigenvalue weighted by Gasteiger charge is 2.17. The number of aromatic nitrogens is 1. The molecule has 110 valence electrons. The van der Waals surface area contributed by atoms with Crippen LogP contribution in [-0.2, 0) is 6.54 Å². The number of thiazole rings is 1. The van der Waals surface area contributed by atoms with E-state index in [9.17, 15) is 0 Å². The Balaban J connectivity index is 2.78. The van der Waals surface area contributed by atoms with Gasteiger partial charge in [-0.3, -0.25) is 0 Å². The molecule has 1 aromatic rings. The highest BCUT2D eigenvalue weighted by molar-refractivity contribution is 7.15. The minimum absolute atomic E-state index is 0.504. The second-order valence-electron chi connectivity index (χ2n) is 5.82. The molecule has 0 atom stereocenters. The highest BCUT2D eigenvalue weighted by atomic mass is 32.1. The average Bonchev–Trinajstić information content (AvgIpc) is 2.67. The summed E-state index contributed by atoms with van der Waals surface area (Å²) >= 11 is 1.84. The Hall–Kier alpha value is -0.610. The largest absolute Gasteiger partial charge is 0.345 e. The Morgan fingerprint density at radius 3 is 2.47 bits per heavy atom. The lowest BCUT2D eigenvalue weighted by atomic mass is 10.2. The van der Waals surface area contributed by atoms with Crippen LogP contribution in [-0.4, -0.2) is 24.1 Å². The van der Waals surface area contributed by atoms with Gasteiger partial charge in [-0.25, -0.2) is 4.98 Å². The van der Waals surface area contributed by atoms with Crippen LogP contribution in [0.2, 0.25) is 0 Å². The van der Waals surface area contributed by atoms with Crippen molar-refractivity contribution >= 4 is 16.5 Å². The third-order valence-corrected chi connectivity index (χ3v) is 4.22. The lowest BCUT2D eigenvalue weighted by Crippen LogP contribution is -2.34. The Kier molecular flexibility index (Phi) is 6.80. The Bertz CT molecular complexity index is 371. The summed E-state index contributed by atoms with van der Waals surface area (Å²) in [6, 6.07) is 0.504. The molecule has 19 heavy (non-hydrogen) atoms. The van der Waals surface area contributed by atoms with Crippen LogP contribution in [0.25, 0.3) is 0 Å². The third-order valence-electron chi connectivity index (χ3n) is 3.02. The van der Waals surface area contributed by atoms with Crippen molar-refractivity contribution in [1.82, 2.24) is 10.3 Å². The average molecular weight is 283 g/mol. The maximum Gasteiger partial charge on any atom is 0.186 e. The van der Waals surface area contributed by atoms with Crippen molar-refractivity contribution in [1.29, 1.82) is 0 Å². The second kappa shape index (κ2) is 7.85. The number of hydrogen-bond acceptors (Lipinski definition) is 4. The van der Waals surface area contributed by atoms with Gasteiger partial charge < -0.3 is 10.2 Å². The first kappa shape index (κ1) is 16.4. The van der Waals surface area contributed by atoms with Gasteiger partial charge in [0.25, 0.3) is 0 Å². The van der Waals surface area contributed by atoms with Gasteiger partial charge in [0.1, 0.15) is 0 Å². The second-order valence-corrected chi connectivity index (χ2v) is 6.88. The van der Waals surface area contributed by atoms with E-state index in [-0.39, 0.29) is 0 Å². The van der Waals surface area contributed by atoms with Crippen LogP contribution in [0.1, 0.15) is 51.6 Å². The molecule has 0 aliphatic carbocycles. The van der Waals surface area contributed by atoms with Crippen molar-refractivity contribution in [3.63, 3.8) is 0 Å². The molecule has 0 radical (unpaired) electrons. The SMILES string of the molecule is CCCNCc1sc(N(CC(C)C)C(C)C)nc1C. The summed E-state index contributed by atoms with van der Waals surface area (Å²) in [6.07, 6.45) is 1.18. The van der Waals surface area contributed by atoms with Gasteiger partial charge in [-0.15, -0.1) is 11.3 Å². The first-order chi connectivity index (χ1) is 8.95. The van der Waals surface area contributed by atoms with Crippen LogP contribution in [0.3, 0.4) is 0 Å². The fourth-order valence-electron chi connectivity index (χ4n) is 1.98. The first-order valence-corrected chi connectivity index (χ1v) is 8.21. The summed E-state index contributed by atoms with van der Waals surface area (Å²) in [4.78, 5) is 8.56. The van der Waals surface area contributed by atoms with Crippen LogP contribution < -0.4 is 10.2 Å². The summed E-state index contributed by atoms with van der Waals surface area (Å²) in [5, 5.41) is 4.64. The molecule has 0 spiro atoms. The van der Waals surface area contributed by atoms with E-state index in [2.05, 4.69) is 51.8 Å². The molecule has 0 amide bonds. The van der Waals surface area contributed by atoms with E-state index in [0.717, 1.165) is 19.6 Å². The summed E-state index contributed by atoms with van der Waals surface area (Å²) in [7, 11) is 0. The van der Waals surface area contributed by atoms with Gasteiger partial charge in [-0.05, 0) is 39.7 Å². The van der Waals surface area contributed by atoms with Gasteiger partial charge >= 0.3 is 0 Å². The fourth-order valence-corrected chi connectivity index (χ4v) is 3.15. The fraction of sp³-hybridized carbons (Fsp3) is 0.800. The molecule has 0 bridgehead atoms. The number of aryl methyl sites for hydroxylation is 1. The van der Waals surface area contributed by atoms with E-state index in [1.165, 1.54) is 22.1 Å². The number of hydrogen-bond donors (Lipinski definition) is 1. The Morgan fingerprint density at radius 2 is 1.95 bits per heavy atom. The van der Waals surface area contributed by atoms with E-state index in [1.807, 2.05) is 11.3 Å². The van der Waals surface area contributed by atoms with E-state index >= 15 is 0 Å². The molecule has 0 aromatic carbocycles. The van der Waals surface area contributed by atoms with E-state index in [0.29, 0.717) is 12.0 Å². The van der Waals surface area contributed by atoms with Crippen molar-refractivity contribution < 1.29 is 0 Å². The number of nitrogens with one attached hydrogen (secondary N) is 1. The molecule has 0 aliphatic heterocycles. The summed E-state index contributed by atoms with van der Waals surface area (Å²) < 4.78 is 0. The van der Waals surface area contributed by atoms with Crippen LogP contribution in [0.4, 0.5) is 5.13 Å². The number of rotatable bonds is 8. The zero-order valence-electron chi connectivity index (χ0n) is 13.3. The summed E-state index contributed by atoms with van der Waals surface area (Å²) in [5.41, 5.74) is 1.18.